The predicted molar refractivity (Wildman–Crippen MR) is 77.7 cm³/mol. The van der Waals surface area contributed by atoms with Crippen LogP contribution in [0.3, 0.4) is 0 Å². The molecule has 22 heavy (non-hydrogen) atoms. The van der Waals surface area contributed by atoms with Crippen LogP contribution in [-0.2, 0) is 0 Å². The summed E-state index contributed by atoms with van der Waals surface area (Å²) in [5.74, 6) is -3.73. The number of carbonyl (C=O) groups is 1. The fourth-order valence-corrected chi connectivity index (χ4v) is 3.01. The van der Waals surface area contributed by atoms with Gasteiger partial charge in [-0.3, -0.25) is 4.79 Å². The lowest BCUT2D eigenvalue weighted by Crippen LogP contribution is -2.28. The van der Waals surface area contributed by atoms with Crippen molar-refractivity contribution in [1.29, 1.82) is 0 Å². The second kappa shape index (κ2) is 3.92. The van der Waals surface area contributed by atoms with Gasteiger partial charge in [0.05, 0.1) is 5.22 Å². The van der Waals surface area contributed by atoms with Gasteiger partial charge in [-0.15, -0.1) is 0 Å². The Morgan fingerprint density at radius 3 is 2.32 bits per heavy atom. The van der Waals surface area contributed by atoms with Gasteiger partial charge in [-0.25, -0.2) is 0 Å². The minimum absolute atomic E-state index is 0.0148. The van der Waals surface area contributed by atoms with Crippen LogP contribution in [0.25, 0.3) is 11.8 Å². The second-order valence-electron chi connectivity index (χ2n) is 5.21. The Balaban J connectivity index is 2.32. The van der Waals surface area contributed by atoms with E-state index in [1.165, 1.54) is 6.07 Å². The molecule has 0 amide bonds. The SMILES string of the molecule is O=C1C(O)=C(O)C(O)=c2c(O)cc3c(c21)C=c1ccccc1=3. The normalized spacial score (nSPS) is 15.3. The zero-order valence-electron chi connectivity index (χ0n) is 11.2. The number of aliphatic hydroxyl groups excluding tert-OH is 3. The average molecular weight is 294 g/mol. The molecule has 0 heterocycles. The molecule has 0 bridgehead atoms. The first kappa shape index (κ1) is 12.5. The maximum atomic E-state index is 12.3. The van der Waals surface area contributed by atoms with Gasteiger partial charge in [0.15, 0.2) is 5.76 Å². The average Bonchev–Trinajstić information content (AvgIpc) is 2.88. The predicted octanol–water partition coefficient (Wildman–Crippen LogP) is 1.01. The molecular weight excluding hydrogens is 284 g/mol. The van der Waals surface area contributed by atoms with Gasteiger partial charge in [-0.1, -0.05) is 24.3 Å². The summed E-state index contributed by atoms with van der Waals surface area (Å²) in [7, 11) is 0. The topological polar surface area (TPSA) is 98.0 Å². The molecule has 4 rings (SSSR count). The summed E-state index contributed by atoms with van der Waals surface area (Å²) in [6, 6.07) is 8.85. The molecule has 4 N–H and O–H groups in total. The highest BCUT2D eigenvalue weighted by atomic mass is 16.3. The molecule has 5 heteroatoms. The van der Waals surface area contributed by atoms with Crippen LogP contribution in [0.4, 0.5) is 0 Å². The van der Waals surface area contributed by atoms with Crippen molar-refractivity contribution in [1.82, 2.24) is 0 Å². The first-order chi connectivity index (χ1) is 10.5. The Labute approximate surface area is 123 Å². The molecule has 0 saturated carbocycles. The number of hydrogen-bond acceptors (Lipinski definition) is 5. The Kier molecular flexibility index (Phi) is 2.23. The summed E-state index contributed by atoms with van der Waals surface area (Å²) in [4.78, 5) is 12.3. The third kappa shape index (κ3) is 1.34. The Morgan fingerprint density at radius 1 is 0.818 bits per heavy atom. The smallest absolute Gasteiger partial charge is 0.232 e. The summed E-state index contributed by atoms with van der Waals surface area (Å²) < 4.78 is 0. The van der Waals surface area contributed by atoms with Gasteiger partial charge in [-0.2, -0.15) is 0 Å². The van der Waals surface area contributed by atoms with E-state index < -0.39 is 23.1 Å². The van der Waals surface area contributed by atoms with Gasteiger partial charge in [0.2, 0.25) is 17.3 Å². The van der Waals surface area contributed by atoms with Crippen molar-refractivity contribution in [2.45, 2.75) is 0 Å². The zero-order chi connectivity index (χ0) is 15.6. The van der Waals surface area contributed by atoms with E-state index in [-0.39, 0.29) is 16.5 Å². The molecule has 0 saturated heterocycles. The van der Waals surface area contributed by atoms with E-state index in [0.29, 0.717) is 10.8 Å². The van der Waals surface area contributed by atoms with E-state index in [0.717, 1.165) is 10.4 Å². The van der Waals surface area contributed by atoms with E-state index in [4.69, 9.17) is 0 Å². The number of fused-ring (bicyclic) bond motifs is 4. The molecule has 0 spiro atoms. The first-order valence-electron chi connectivity index (χ1n) is 6.58. The molecule has 2 aliphatic rings. The number of Topliss-reactive ketones (excluding diaryl/α,β-unsaturated/α-hetero) is 1. The van der Waals surface area contributed by atoms with Crippen LogP contribution in [0.1, 0.15) is 15.9 Å². The number of aromatic hydroxyl groups is 1. The van der Waals surface area contributed by atoms with Crippen molar-refractivity contribution in [2.75, 3.05) is 0 Å². The summed E-state index contributed by atoms with van der Waals surface area (Å²) >= 11 is 0. The lowest BCUT2D eigenvalue weighted by molar-refractivity contribution is 0.0959. The number of phenolic OH excluding ortho intramolecular Hbond substituents is 1. The van der Waals surface area contributed by atoms with Gasteiger partial charge >= 0.3 is 0 Å². The molecule has 2 aromatic carbocycles. The van der Waals surface area contributed by atoms with Gasteiger partial charge in [0.1, 0.15) is 5.75 Å². The van der Waals surface area contributed by atoms with Gasteiger partial charge in [0.25, 0.3) is 0 Å². The minimum Gasteiger partial charge on any atom is -0.507 e. The largest absolute Gasteiger partial charge is 0.507 e. The number of aliphatic hydroxyl groups is 3. The highest BCUT2D eigenvalue weighted by molar-refractivity contribution is 6.13. The van der Waals surface area contributed by atoms with Gasteiger partial charge < -0.3 is 20.4 Å². The lowest BCUT2D eigenvalue weighted by atomic mass is 9.93. The van der Waals surface area contributed by atoms with Gasteiger partial charge in [0, 0.05) is 5.56 Å². The molecule has 2 aromatic rings. The lowest BCUT2D eigenvalue weighted by Gasteiger charge is -2.14. The molecule has 0 aliphatic heterocycles. The summed E-state index contributed by atoms with van der Waals surface area (Å²) in [6.07, 6.45) is 1.75. The van der Waals surface area contributed by atoms with Crippen LogP contribution in [0.5, 0.6) is 5.75 Å². The molecule has 2 aliphatic carbocycles. The molecule has 0 aromatic heterocycles. The summed E-state index contributed by atoms with van der Waals surface area (Å²) in [5, 5.41) is 41.7. The molecule has 0 atom stereocenters. The van der Waals surface area contributed by atoms with E-state index in [1.54, 1.807) is 6.08 Å². The number of rotatable bonds is 0. The van der Waals surface area contributed by atoms with Crippen molar-refractivity contribution in [3.05, 3.63) is 73.9 Å². The van der Waals surface area contributed by atoms with Crippen LogP contribution < -0.4 is 10.4 Å². The number of hydrogen-bond donors (Lipinski definition) is 4. The van der Waals surface area contributed by atoms with Crippen molar-refractivity contribution in [3.63, 3.8) is 0 Å². The zero-order valence-corrected chi connectivity index (χ0v) is 11.2. The third-order valence-electron chi connectivity index (χ3n) is 4.03. The Bertz CT molecular complexity index is 1120. The fraction of sp³-hybridized carbons (Fsp3) is 0. The first-order valence-corrected chi connectivity index (χ1v) is 6.58. The number of carbonyl (C=O) groups excluding carboxylic acids is 1. The maximum absolute atomic E-state index is 12.3. The van der Waals surface area contributed by atoms with Crippen LogP contribution in [0.15, 0.2) is 41.9 Å². The molecule has 0 fully saturated rings. The number of ketones is 1. The van der Waals surface area contributed by atoms with Crippen LogP contribution in [0.2, 0.25) is 0 Å². The highest BCUT2D eigenvalue weighted by Crippen LogP contribution is 2.26. The van der Waals surface area contributed by atoms with Crippen molar-refractivity contribution in [3.8, 4) is 5.75 Å². The standard InChI is InChI=1S/C17H10O5/c18-11-6-9-8-4-2-1-3-7(8)5-10(9)12-13(11)15(20)17(22)16(21)14(12)19/h1-6,18,20-22H. The molecule has 5 nitrogen and oxygen atoms in total. The van der Waals surface area contributed by atoms with Crippen LogP contribution in [0, 0.1) is 10.4 Å². The second-order valence-corrected chi connectivity index (χ2v) is 5.21. The maximum Gasteiger partial charge on any atom is 0.232 e. The van der Waals surface area contributed by atoms with Crippen molar-refractivity contribution < 1.29 is 25.2 Å². The number of allylic oxidation sites excluding steroid dienone is 1. The minimum atomic E-state index is -0.929. The molecular formula is C17H10O5. The van der Waals surface area contributed by atoms with Crippen molar-refractivity contribution in [2.24, 2.45) is 0 Å². The Morgan fingerprint density at radius 2 is 1.55 bits per heavy atom. The van der Waals surface area contributed by atoms with E-state index in [9.17, 15) is 25.2 Å². The van der Waals surface area contributed by atoms with E-state index >= 15 is 0 Å². The number of benzene rings is 2. The van der Waals surface area contributed by atoms with Crippen LogP contribution >= 0.6 is 0 Å². The monoisotopic (exact) mass is 294 g/mol. The summed E-state index contributed by atoms with van der Waals surface area (Å²) in [6.45, 7) is 0. The third-order valence-corrected chi connectivity index (χ3v) is 4.03. The fourth-order valence-electron chi connectivity index (χ4n) is 3.01. The summed E-state index contributed by atoms with van der Waals surface area (Å²) in [5.41, 5.74) is 0.489. The van der Waals surface area contributed by atoms with Crippen molar-refractivity contribution >= 4 is 17.6 Å². The van der Waals surface area contributed by atoms with E-state index in [1.807, 2.05) is 24.3 Å². The number of phenols is 1. The molecule has 0 unspecified atom stereocenters. The quantitative estimate of drug-likeness (QED) is 0.496. The highest BCUT2D eigenvalue weighted by Gasteiger charge is 2.31. The van der Waals surface area contributed by atoms with Gasteiger partial charge in [-0.05, 0) is 33.4 Å². The van der Waals surface area contributed by atoms with E-state index in [2.05, 4.69) is 0 Å². The Hall–Kier alpha value is -3.21. The molecule has 108 valence electrons. The van der Waals surface area contributed by atoms with Crippen LogP contribution in [-0.4, -0.2) is 26.2 Å². The molecule has 0 radical (unpaired) electrons.